The van der Waals surface area contributed by atoms with Crippen molar-refractivity contribution in [2.24, 2.45) is 11.7 Å². The molecule has 0 bridgehead atoms. The van der Waals surface area contributed by atoms with Gasteiger partial charge in [-0.25, -0.2) is 0 Å². The van der Waals surface area contributed by atoms with Crippen LogP contribution in [-0.2, 0) is 6.54 Å². The lowest BCUT2D eigenvalue weighted by Crippen LogP contribution is -2.15. The van der Waals surface area contributed by atoms with Crippen LogP contribution < -0.4 is 20.5 Å². The maximum Gasteiger partial charge on any atom is 0.248 e. The summed E-state index contributed by atoms with van der Waals surface area (Å²) in [6.07, 6.45) is 1.16. The summed E-state index contributed by atoms with van der Waals surface area (Å²) in [5.41, 5.74) is 5.67. The Balaban J connectivity index is 0.00000312. The highest BCUT2D eigenvalue weighted by Crippen LogP contribution is 2.35. The molecule has 7 heteroatoms. The number of methoxy groups -OCH3 is 1. The molecule has 0 aliphatic heterocycles. The number of primary amides is 1. The summed E-state index contributed by atoms with van der Waals surface area (Å²) in [4.78, 5) is 12.4. The molecular formula is C18H25ClN2O3S. The summed E-state index contributed by atoms with van der Waals surface area (Å²) in [6, 6.07) is 8.89. The first-order valence-corrected chi connectivity index (χ1v) is 8.76. The van der Waals surface area contributed by atoms with Gasteiger partial charge in [0.15, 0.2) is 16.6 Å². The van der Waals surface area contributed by atoms with E-state index in [1.165, 1.54) is 12.0 Å². The van der Waals surface area contributed by atoms with E-state index in [9.17, 15) is 4.79 Å². The molecular weight excluding hydrogens is 360 g/mol. The van der Waals surface area contributed by atoms with E-state index in [0.717, 1.165) is 24.6 Å². The Morgan fingerprint density at radius 2 is 2.00 bits per heavy atom. The highest BCUT2D eigenvalue weighted by molar-refractivity contribution is 7.13. The zero-order chi connectivity index (χ0) is 17.5. The SMILES string of the molecule is COc1cc(C(N)=O)ccc1Oc1ccc(CNCCC(C)C)s1.Cl. The fourth-order valence-corrected chi connectivity index (χ4v) is 2.96. The molecule has 3 N–H and O–H groups in total. The smallest absolute Gasteiger partial charge is 0.248 e. The van der Waals surface area contributed by atoms with E-state index < -0.39 is 5.91 Å². The Morgan fingerprint density at radius 1 is 1.24 bits per heavy atom. The second-order valence-corrected chi connectivity index (χ2v) is 7.04. The van der Waals surface area contributed by atoms with Gasteiger partial charge in [0.25, 0.3) is 0 Å². The Hall–Kier alpha value is -1.76. The molecule has 138 valence electrons. The molecule has 5 nitrogen and oxygen atoms in total. The number of benzene rings is 1. The van der Waals surface area contributed by atoms with Crippen LogP contribution in [0.25, 0.3) is 0 Å². The fourth-order valence-electron chi connectivity index (χ4n) is 2.12. The van der Waals surface area contributed by atoms with Gasteiger partial charge in [-0.05, 0) is 49.2 Å². The van der Waals surface area contributed by atoms with Crippen molar-refractivity contribution < 1.29 is 14.3 Å². The molecule has 2 aromatic rings. The van der Waals surface area contributed by atoms with Crippen molar-refractivity contribution in [2.45, 2.75) is 26.8 Å². The number of halogens is 1. The molecule has 25 heavy (non-hydrogen) atoms. The minimum atomic E-state index is -0.495. The summed E-state index contributed by atoms with van der Waals surface area (Å²) in [5.74, 6) is 1.25. The zero-order valence-electron chi connectivity index (χ0n) is 14.7. The highest BCUT2D eigenvalue weighted by Gasteiger charge is 2.11. The van der Waals surface area contributed by atoms with Gasteiger partial charge in [-0.3, -0.25) is 4.79 Å². The van der Waals surface area contributed by atoms with E-state index in [0.29, 0.717) is 23.0 Å². The van der Waals surface area contributed by atoms with Crippen LogP contribution in [-0.4, -0.2) is 19.6 Å². The van der Waals surface area contributed by atoms with Crippen LogP contribution in [0.2, 0.25) is 0 Å². The molecule has 0 spiro atoms. The van der Waals surface area contributed by atoms with Crippen molar-refractivity contribution in [3.8, 4) is 16.6 Å². The van der Waals surface area contributed by atoms with Gasteiger partial charge in [-0.2, -0.15) is 0 Å². The van der Waals surface area contributed by atoms with Gasteiger partial charge in [-0.1, -0.05) is 13.8 Å². The molecule has 0 aliphatic carbocycles. The Morgan fingerprint density at radius 3 is 2.64 bits per heavy atom. The largest absolute Gasteiger partial charge is 0.493 e. The van der Waals surface area contributed by atoms with Gasteiger partial charge in [0.2, 0.25) is 5.91 Å². The van der Waals surface area contributed by atoms with E-state index in [1.54, 1.807) is 29.5 Å². The van der Waals surface area contributed by atoms with E-state index in [-0.39, 0.29) is 12.4 Å². The number of nitrogens with two attached hydrogens (primary N) is 1. The van der Waals surface area contributed by atoms with Crippen molar-refractivity contribution in [2.75, 3.05) is 13.7 Å². The third kappa shape index (κ3) is 6.57. The summed E-state index contributed by atoms with van der Waals surface area (Å²) in [7, 11) is 1.53. The predicted molar refractivity (Wildman–Crippen MR) is 104 cm³/mol. The van der Waals surface area contributed by atoms with Crippen molar-refractivity contribution in [1.82, 2.24) is 5.32 Å². The number of hydrogen-bond donors (Lipinski definition) is 2. The van der Waals surface area contributed by atoms with Gasteiger partial charge in [-0.15, -0.1) is 23.7 Å². The second kappa shape index (κ2) is 10.3. The van der Waals surface area contributed by atoms with Gasteiger partial charge >= 0.3 is 0 Å². The molecule has 0 atom stereocenters. The number of ether oxygens (including phenoxy) is 2. The lowest BCUT2D eigenvalue weighted by atomic mass is 10.1. The molecule has 1 amide bonds. The maximum absolute atomic E-state index is 11.2. The molecule has 0 aliphatic rings. The molecule has 2 rings (SSSR count). The average molecular weight is 385 g/mol. The summed E-state index contributed by atoms with van der Waals surface area (Å²) in [5, 5.41) is 4.21. The number of thiophene rings is 1. The van der Waals surface area contributed by atoms with Crippen LogP contribution in [0.15, 0.2) is 30.3 Å². The quantitative estimate of drug-likeness (QED) is 0.635. The normalized spacial score (nSPS) is 10.4. The number of nitrogens with one attached hydrogen (secondary N) is 1. The first-order chi connectivity index (χ1) is 11.5. The topological polar surface area (TPSA) is 73.6 Å². The first-order valence-electron chi connectivity index (χ1n) is 7.94. The summed E-state index contributed by atoms with van der Waals surface area (Å²) >= 11 is 1.58. The number of carbonyl (C=O) groups excluding carboxylic acids is 1. The van der Waals surface area contributed by atoms with Crippen molar-refractivity contribution in [1.29, 1.82) is 0 Å². The van der Waals surface area contributed by atoms with Gasteiger partial charge in [0.1, 0.15) is 0 Å². The van der Waals surface area contributed by atoms with Crippen LogP contribution in [0.5, 0.6) is 16.6 Å². The van der Waals surface area contributed by atoms with Crippen LogP contribution in [0.4, 0.5) is 0 Å². The second-order valence-electron chi connectivity index (χ2n) is 5.91. The number of amides is 1. The molecule has 1 aromatic heterocycles. The van der Waals surface area contributed by atoms with E-state index in [2.05, 4.69) is 19.2 Å². The minimum absolute atomic E-state index is 0. The molecule has 0 unspecified atom stereocenters. The average Bonchev–Trinajstić information content (AvgIpc) is 2.99. The van der Waals surface area contributed by atoms with Gasteiger partial charge < -0.3 is 20.5 Å². The number of rotatable bonds is 9. The van der Waals surface area contributed by atoms with E-state index in [1.807, 2.05) is 12.1 Å². The Labute approximate surface area is 158 Å². The molecule has 0 radical (unpaired) electrons. The van der Waals surface area contributed by atoms with Gasteiger partial charge in [0, 0.05) is 17.0 Å². The Kier molecular flexibility index (Phi) is 8.75. The standard InChI is InChI=1S/C18H24N2O3S.ClH/c1-12(2)8-9-20-11-14-5-7-17(24-14)23-15-6-4-13(18(19)21)10-16(15)22-3;/h4-7,10,12,20H,8-9,11H2,1-3H3,(H2,19,21);1H. The van der Waals surface area contributed by atoms with Crippen LogP contribution in [0.3, 0.4) is 0 Å². The lowest BCUT2D eigenvalue weighted by Gasteiger charge is -2.09. The number of carbonyl (C=O) groups is 1. The molecule has 0 fully saturated rings. The van der Waals surface area contributed by atoms with Crippen molar-refractivity contribution in [3.63, 3.8) is 0 Å². The van der Waals surface area contributed by atoms with Crippen LogP contribution in [0, 0.1) is 5.92 Å². The Bertz CT molecular complexity index is 689. The molecule has 0 saturated heterocycles. The summed E-state index contributed by atoms with van der Waals surface area (Å²) in [6.45, 7) is 6.28. The molecule has 1 aromatic carbocycles. The maximum atomic E-state index is 11.2. The first kappa shape index (κ1) is 21.3. The van der Waals surface area contributed by atoms with E-state index >= 15 is 0 Å². The van der Waals surface area contributed by atoms with Crippen molar-refractivity contribution in [3.05, 3.63) is 40.8 Å². The predicted octanol–water partition coefficient (Wildman–Crippen LogP) is 4.21. The van der Waals surface area contributed by atoms with Crippen molar-refractivity contribution >= 4 is 29.7 Å². The van der Waals surface area contributed by atoms with Gasteiger partial charge in [0.05, 0.1) is 7.11 Å². The fraction of sp³-hybridized carbons (Fsp3) is 0.389. The lowest BCUT2D eigenvalue weighted by molar-refractivity contribution is 0.1000. The van der Waals surface area contributed by atoms with Crippen LogP contribution in [0.1, 0.15) is 35.5 Å². The van der Waals surface area contributed by atoms with Crippen LogP contribution >= 0.6 is 23.7 Å². The minimum Gasteiger partial charge on any atom is -0.493 e. The van der Waals surface area contributed by atoms with E-state index in [4.69, 9.17) is 15.2 Å². The highest BCUT2D eigenvalue weighted by atomic mass is 35.5. The summed E-state index contributed by atoms with van der Waals surface area (Å²) < 4.78 is 11.2. The molecule has 1 heterocycles. The molecule has 0 saturated carbocycles. The zero-order valence-corrected chi connectivity index (χ0v) is 16.3. The third-order valence-electron chi connectivity index (χ3n) is 3.49. The number of hydrogen-bond acceptors (Lipinski definition) is 5. The monoisotopic (exact) mass is 384 g/mol. The third-order valence-corrected chi connectivity index (χ3v) is 4.46.